The monoisotopic (exact) mass is 870 g/mol. The van der Waals surface area contributed by atoms with Gasteiger partial charge in [-0.05, 0) is 0 Å². The minimum atomic E-state index is -2.47. The normalized spacial score (nSPS) is 18.7. The van der Waals surface area contributed by atoms with Gasteiger partial charge in [0, 0.05) is 0 Å². The molecule has 4 aliphatic rings. The summed E-state index contributed by atoms with van der Waals surface area (Å²) in [4.78, 5) is 0. The van der Waals surface area contributed by atoms with Gasteiger partial charge in [0.15, 0.2) is 0 Å². The van der Waals surface area contributed by atoms with Crippen LogP contribution in [0.5, 0.6) is 0 Å². The van der Waals surface area contributed by atoms with E-state index in [9.17, 15) is 0 Å². The Morgan fingerprint density at radius 3 is 1.26 bits per heavy atom. The maximum atomic E-state index is 2.73. The van der Waals surface area contributed by atoms with Crippen molar-refractivity contribution in [2.75, 3.05) is 0 Å². The van der Waals surface area contributed by atoms with Crippen LogP contribution in [0.25, 0.3) is 56.0 Å². The van der Waals surface area contributed by atoms with Crippen LogP contribution in [0.1, 0.15) is 55.3 Å². The van der Waals surface area contributed by atoms with Gasteiger partial charge in [0.1, 0.15) is 0 Å². The molecule has 0 saturated heterocycles. The molecule has 0 nitrogen and oxygen atoms in total. The van der Waals surface area contributed by atoms with Gasteiger partial charge in [-0.3, -0.25) is 0 Å². The van der Waals surface area contributed by atoms with E-state index >= 15 is 0 Å². The average Bonchev–Trinajstić information content (AvgIpc) is 4.07. The predicted octanol–water partition coefficient (Wildman–Crippen LogP) is 6.60. The summed E-state index contributed by atoms with van der Waals surface area (Å²) in [6.07, 6.45) is 11.0. The van der Waals surface area contributed by atoms with E-state index in [1.165, 1.54) is 69.5 Å². The first-order valence-corrected chi connectivity index (χ1v) is 30.0. The third kappa shape index (κ3) is 5.57. The molecule has 0 N–H and O–H groups in total. The fourth-order valence-corrected chi connectivity index (χ4v) is 38.4. The molecule has 0 radical (unpaired) electrons. The van der Waals surface area contributed by atoms with Crippen LogP contribution in [-0.2, 0) is 20.1 Å². The van der Waals surface area contributed by atoms with Gasteiger partial charge >= 0.3 is 294 Å². The molecular formula is C46H40Cl2HfSi. The van der Waals surface area contributed by atoms with E-state index in [0.29, 0.717) is 7.35 Å². The van der Waals surface area contributed by atoms with Crippen molar-refractivity contribution in [1.82, 2.24) is 0 Å². The van der Waals surface area contributed by atoms with E-state index in [0.717, 1.165) is 11.8 Å². The largest absolute Gasteiger partial charge is 1.00 e. The van der Waals surface area contributed by atoms with Crippen molar-refractivity contribution < 1.29 is 44.9 Å². The predicted molar refractivity (Wildman–Crippen MR) is 203 cm³/mol. The molecule has 6 aromatic carbocycles. The number of hydrogen-bond acceptors (Lipinski definition) is 0. The van der Waals surface area contributed by atoms with Gasteiger partial charge in [-0.25, -0.2) is 0 Å². The van der Waals surface area contributed by atoms with Crippen LogP contribution in [0.2, 0.25) is 13.1 Å². The minimum Gasteiger partial charge on any atom is -1.00 e. The van der Waals surface area contributed by atoms with E-state index in [2.05, 4.69) is 147 Å². The summed E-state index contributed by atoms with van der Waals surface area (Å²) in [7, 11) is 0. The first kappa shape index (κ1) is 34.1. The molecule has 0 bridgehead atoms. The van der Waals surface area contributed by atoms with Crippen LogP contribution in [0, 0.1) is 11.8 Å². The van der Waals surface area contributed by atoms with Gasteiger partial charge < -0.3 is 24.8 Å². The van der Waals surface area contributed by atoms with Gasteiger partial charge in [-0.2, -0.15) is 0 Å². The maximum absolute atomic E-state index is 2.73. The van der Waals surface area contributed by atoms with Crippen LogP contribution in [0.15, 0.2) is 132 Å². The first-order valence-electron chi connectivity index (χ1n) is 18.0. The van der Waals surface area contributed by atoms with E-state index in [1.54, 1.807) is 22.3 Å². The Balaban J connectivity index is 0.00000180. The molecule has 246 valence electrons. The molecule has 6 aromatic rings. The molecule has 2 saturated carbocycles. The number of hydrogen-bond donors (Lipinski definition) is 0. The fourth-order valence-electron chi connectivity index (χ4n) is 9.22. The number of rotatable bonds is 6. The van der Waals surface area contributed by atoms with Crippen molar-refractivity contribution >= 4 is 39.2 Å². The SMILES string of the molecule is C[Si](C)=[Hf+2]([CH]1C(C2CC2)=Cc2c(-c3cccc4ccccc34)cccc21)[CH]1C(C2CC2)=Cc2c(-c3cccc4ccccc34)cccc21.[Cl-].[Cl-]. The van der Waals surface area contributed by atoms with Crippen molar-refractivity contribution in [2.45, 2.75) is 46.1 Å². The number of fused-ring (bicyclic) bond motifs is 4. The summed E-state index contributed by atoms with van der Waals surface area (Å²) in [5.41, 5.74) is 15.3. The summed E-state index contributed by atoms with van der Waals surface area (Å²) >= 11 is -2.47. The van der Waals surface area contributed by atoms with Gasteiger partial charge in [-0.1, -0.05) is 0 Å². The molecule has 4 aliphatic carbocycles. The smallest absolute Gasteiger partial charge is 1.00 e. The van der Waals surface area contributed by atoms with E-state index in [1.807, 2.05) is 11.1 Å². The molecule has 10 rings (SSSR count). The van der Waals surface area contributed by atoms with Crippen molar-refractivity contribution in [3.63, 3.8) is 0 Å². The van der Waals surface area contributed by atoms with Gasteiger partial charge in [0.25, 0.3) is 0 Å². The van der Waals surface area contributed by atoms with Crippen LogP contribution < -0.4 is 24.8 Å². The zero-order valence-electron chi connectivity index (χ0n) is 28.6. The summed E-state index contributed by atoms with van der Waals surface area (Å²) in [6.45, 7) is 5.42. The van der Waals surface area contributed by atoms with E-state index in [4.69, 9.17) is 0 Å². The summed E-state index contributed by atoms with van der Waals surface area (Å²) in [5.74, 6) is 1.58. The molecule has 2 fully saturated rings. The Labute approximate surface area is 316 Å². The number of allylic oxidation sites excluding steroid dienone is 2. The molecule has 0 aliphatic heterocycles. The van der Waals surface area contributed by atoms with Gasteiger partial charge in [-0.15, -0.1) is 0 Å². The second kappa shape index (κ2) is 13.5. The van der Waals surface area contributed by atoms with Crippen LogP contribution >= 0.6 is 0 Å². The third-order valence-electron chi connectivity index (χ3n) is 11.6. The van der Waals surface area contributed by atoms with Crippen molar-refractivity contribution in [1.29, 1.82) is 0 Å². The first-order chi connectivity index (χ1) is 23.7. The Morgan fingerprint density at radius 2 is 0.840 bits per heavy atom. The second-order valence-electron chi connectivity index (χ2n) is 14.8. The molecule has 2 unspecified atom stereocenters. The third-order valence-corrected chi connectivity index (χ3v) is 39.1. The van der Waals surface area contributed by atoms with Gasteiger partial charge in [0.2, 0.25) is 0 Å². The van der Waals surface area contributed by atoms with Crippen LogP contribution in [0.4, 0.5) is 0 Å². The molecule has 0 spiro atoms. The summed E-state index contributed by atoms with van der Waals surface area (Å²) < 4.78 is 1.41. The zero-order chi connectivity index (χ0) is 31.9. The molecule has 0 heterocycles. The number of benzene rings is 6. The second-order valence-corrected chi connectivity index (χ2v) is 39.8. The quantitative estimate of drug-likeness (QED) is 0.166. The summed E-state index contributed by atoms with van der Waals surface area (Å²) in [5, 5.41) is 5.42. The van der Waals surface area contributed by atoms with Crippen LogP contribution in [-0.4, -0.2) is 5.49 Å². The summed E-state index contributed by atoms with van der Waals surface area (Å²) in [6, 6.07) is 46.4. The molecule has 50 heavy (non-hydrogen) atoms. The van der Waals surface area contributed by atoms with Crippen molar-refractivity contribution in [3.8, 4) is 22.3 Å². The zero-order valence-corrected chi connectivity index (χ0v) is 34.7. The van der Waals surface area contributed by atoms with Crippen molar-refractivity contribution in [3.05, 3.63) is 155 Å². The molecule has 0 amide bonds. The molecular weight excluding hydrogens is 830 g/mol. The molecule has 2 atom stereocenters. The molecule has 4 heteroatoms. The van der Waals surface area contributed by atoms with Crippen molar-refractivity contribution in [2.24, 2.45) is 11.8 Å². The Morgan fingerprint density at radius 1 is 0.460 bits per heavy atom. The topological polar surface area (TPSA) is 0 Å². The Kier molecular flexibility index (Phi) is 9.21. The Hall–Kier alpha value is -3.01. The van der Waals surface area contributed by atoms with E-state index in [-0.39, 0.29) is 24.8 Å². The maximum Gasteiger partial charge on any atom is -1.00 e. The van der Waals surface area contributed by atoms with E-state index < -0.39 is 25.6 Å². The average molecular weight is 870 g/mol. The molecule has 0 aromatic heterocycles. The standard InChI is InChI=1S/2C22H17.C2H6Si.2ClH.Hf/c2*1-2-8-19-16(5-1)6-3-9-20(19)21-10-4-7-17-13-18(14-22(17)21)15-11-12-15;1-3-2;;;/h2*1-10,13-15H,11-12H2;1-2H3;2*1H;/q;;;;;+2/p-2. The number of halogens is 2. The van der Waals surface area contributed by atoms with Crippen LogP contribution in [0.3, 0.4) is 0 Å². The van der Waals surface area contributed by atoms with Gasteiger partial charge in [0.05, 0.1) is 0 Å². The fraction of sp³-hybridized carbons (Fsp3) is 0.217. The Bertz CT molecular complexity index is 2230. The minimum absolute atomic E-state index is 0.